The molecule has 2 N–H and O–H groups in total. The standard InChI is InChI=1S/C13H10N4S/c14-13-16-11(9-5-2-1-3-6-9)15-12(17-13)10-7-4-8-18-10/h1-8H,(H2,14,15,16,17). The molecule has 0 aliphatic carbocycles. The summed E-state index contributed by atoms with van der Waals surface area (Å²) in [5.41, 5.74) is 6.68. The predicted molar refractivity (Wildman–Crippen MR) is 73.0 cm³/mol. The molecule has 88 valence electrons. The molecule has 0 fully saturated rings. The van der Waals surface area contributed by atoms with Crippen molar-refractivity contribution in [1.29, 1.82) is 0 Å². The Labute approximate surface area is 108 Å². The second-order valence-electron chi connectivity index (χ2n) is 3.68. The number of aromatic nitrogens is 3. The lowest BCUT2D eigenvalue weighted by molar-refractivity contribution is 1.09. The topological polar surface area (TPSA) is 64.7 Å². The Bertz CT molecular complexity index is 650. The molecule has 0 saturated carbocycles. The predicted octanol–water partition coefficient (Wildman–Crippen LogP) is 2.85. The molecule has 18 heavy (non-hydrogen) atoms. The van der Waals surface area contributed by atoms with Gasteiger partial charge in [-0.05, 0) is 11.4 Å². The van der Waals surface area contributed by atoms with Crippen LogP contribution in [-0.4, -0.2) is 15.0 Å². The molecule has 3 rings (SSSR count). The average molecular weight is 254 g/mol. The number of nitrogen functional groups attached to an aromatic ring is 1. The molecule has 0 amide bonds. The number of nitrogens with zero attached hydrogens (tertiary/aromatic N) is 3. The fourth-order valence-electron chi connectivity index (χ4n) is 1.62. The van der Waals surface area contributed by atoms with E-state index in [9.17, 15) is 0 Å². The van der Waals surface area contributed by atoms with Crippen LogP contribution in [0.5, 0.6) is 0 Å². The number of hydrogen-bond donors (Lipinski definition) is 1. The van der Waals surface area contributed by atoms with Gasteiger partial charge in [-0.1, -0.05) is 36.4 Å². The molecule has 2 heterocycles. The molecule has 5 heteroatoms. The maximum absolute atomic E-state index is 5.75. The number of hydrogen-bond acceptors (Lipinski definition) is 5. The van der Waals surface area contributed by atoms with Gasteiger partial charge in [0.05, 0.1) is 4.88 Å². The fourth-order valence-corrected chi connectivity index (χ4v) is 2.28. The number of nitrogens with two attached hydrogens (primary N) is 1. The molecular formula is C13H10N4S. The molecular weight excluding hydrogens is 244 g/mol. The van der Waals surface area contributed by atoms with Gasteiger partial charge in [-0.2, -0.15) is 9.97 Å². The summed E-state index contributed by atoms with van der Waals surface area (Å²) in [6, 6.07) is 13.7. The van der Waals surface area contributed by atoms with Gasteiger partial charge < -0.3 is 5.73 Å². The van der Waals surface area contributed by atoms with Crippen LogP contribution < -0.4 is 5.73 Å². The minimum absolute atomic E-state index is 0.243. The van der Waals surface area contributed by atoms with Crippen molar-refractivity contribution in [3.63, 3.8) is 0 Å². The van der Waals surface area contributed by atoms with Gasteiger partial charge in [0.15, 0.2) is 11.6 Å². The molecule has 3 aromatic rings. The first kappa shape index (κ1) is 10.9. The molecule has 2 aromatic heterocycles. The van der Waals surface area contributed by atoms with E-state index in [4.69, 9.17) is 5.73 Å². The zero-order valence-corrected chi connectivity index (χ0v) is 10.3. The first-order chi connectivity index (χ1) is 8.83. The monoisotopic (exact) mass is 254 g/mol. The van der Waals surface area contributed by atoms with Crippen molar-refractivity contribution in [2.45, 2.75) is 0 Å². The largest absolute Gasteiger partial charge is 0.368 e. The smallest absolute Gasteiger partial charge is 0.224 e. The van der Waals surface area contributed by atoms with Crippen molar-refractivity contribution >= 4 is 17.3 Å². The molecule has 0 aliphatic heterocycles. The van der Waals surface area contributed by atoms with Crippen LogP contribution in [0.3, 0.4) is 0 Å². The van der Waals surface area contributed by atoms with Crippen molar-refractivity contribution in [3.8, 4) is 22.1 Å². The maximum Gasteiger partial charge on any atom is 0.224 e. The van der Waals surface area contributed by atoms with Crippen molar-refractivity contribution in [2.24, 2.45) is 0 Å². The quantitative estimate of drug-likeness (QED) is 0.763. The summed E-state index contributed by atoms with van der Waals surface area (Å²) in [6.07, 6.45) is 0. The zero-order chi connectivity index (χ0) is 12.4. The van der Waals surface area contributed by atoms with E-state index in [2.05, 4.69) is 15.0 Å². The third-order valence-electron chi connectivity index (χ3n) is 2.43. The van der Waals surface area contributed by atoms with E-state index in [1.807, 2.05) is 47.8 Å². The molecule has 0 bridgehead atoms. The summed E-state index contributed by atoms with van der Waals surface area (Å²) in [5, 5.41) is 1.98. The highest BCUT2D eigenvalue weighted by Gasteiger charge is 2.08. The van der Waals surface area contributed by atoms with E-state index >= 15 is 0 Å². The van der Waals surface area contributed by atoms with Gasteiger partial charge in [0.25, 0.3) is 0 Å². The lowest BCUT2D eigenvalue weighted by atomic mass is 10.2. The normalized spacial score (nSPS) is 10.4. The number of anilines is 1. The Morgan fingerprint density at radius 1 is 0.833 bits per heavy atom. The van der Waals surface area contributed by atoms with E-state index < -0.39 is 0 Å². The van der Waals surface area contributed by atoms with Gasteiger partial charge in [-0.15, -0.1) is 11.3 Å². The van der Waals surface area contributed by atoms with Crippen LogP contribution >= 0.6 is 11.3 Å². The summed E-state index contributed by atoms with van der Waals surface area (Å²) in [4.78, 5) is 13.8. The summed E-state index contributed by atoms with van der Waals surface area (Å²) >= 11 is 1.58. The van der Waals surface area contributed by atoms with E-state index in [0.29, 0.717) is 11.6 Å². The Hall–Kier alpha value is -2.27. The first-order valence-corrected chi connectivity index (χ1v) is 6.32. The summed E-state index contributed by atoms with van der Waals surface area (Å²) in [5.74, 6) is 1.47. The second-order valence-corrected chi connectivity index (χ2v) is 4.63. The molecule has 0 spiro atoms. The second kappa shape index (κ2) is 4.54. The Morgan fingerprint density at radius 3 is 2.33 bits per heavy atom. The van der Waals surface area contributed by atoms with Gasteiger partial charge in [-0.3, -0.25) is 0 Å². The third kappa shape index (κ3) is 2.08. The third-order valence-corrected chi connectivity index (χ3v) is 3.29. The van der Waals surface area contributed by atoms with Gasteiger partial charge in [0.1, 0.15) is 0 Å². The van der Waals surface area contributed by atoms with Crippen LogP contribution in [0.4, 0.5) is 5.95 Å². The molecule has 0 unspecified atom stereocenters. The summed E-state index contributed by atoms with van der Waals surface area (Å²) < 4.78 is 0. The zero-order valence-electron chi connectivity index (χ0n) is 9.45. The minimum Gasteiger partial charge on any atom is -0.368 e. The number of benzene rings is 1. The lowest BCUT2D eigenvalue weighted by Gasteiger charge is -2.03. The molecule has 0 radical (unpaired) electrons. The number of thiophene rings is 1. The fraction of sp³-hybridized carbons (Fsp3) is 0. The van der Waals surface area contributed by atoms with E-state index in [-0.39, 0.29) is 5.95 Å². The van der Waals surface area contributed by atoms with Gasteiger partial charge in [0, 0.05) is 5.56 Å². The van der Waals surface area contributed by atoms with Crippen LogP contribution in [0.1, 0.15) is 0 Å². The molecule has 0 saturated heterocycles. The summed E-state index contributed by atoms with van der Waals surface area (Å²) in [7, 11) is 0. The van der Waals surface area contributed by atoms with Crippen molar-refractivity contribution < 1.29 is 0 Å². The Balaban J connectivity index is 2.12. The number of rotatable bonds is 2. The molecule has 4 nitrogen and oxygen atoms in total. The van der Waals surface area contributed by atoms with E-state index in [1.54, 1.807) is 11.3 Å². The van der Waals surface area contributed by atoms with Gasteiger partial charge in [0.2, 0.25) is 5.95 Å². The Kier molecular flexibility index (Phi) is 2.74. The van der Waals surface area contributed by atoms with Gasteiger partial charge in [-0.25, -0.2) is 4.98 Å². The van der Waals surface area contributed by atoms with Crippen LogP contribution in [0, 0.1) is 0 Å². The van der Waals surface area contributed by atoms with E-state index in [1.165, 1.54) is 0 Å². The average Bonchev–Trinajstić information content (AvgIpc) is 2.93. The lowest BCUT2D eigenvalue weighted by Crippen LogP contribution is -2.01. The first-order valence-electron chi connectivity index (χ1n) is 5.44. The van der Waals surface area contributed by atoms with Crippen LogP contribution in [0.25, 0.3) is 22.1 Å². The van der Waals surface area contributed by atoms with E-state index in [0.717, 1.165) is 10.4 Å². The van der Waals surface area contributed by atoms with Crippen molar-refractivity contribution in [3.05, 3.63) is 47.8 Å². The molecule has 0 atom stereocenters. The van der Waals surface area contributed by atoms with Crippen LogP contribution in [0.15, 0.2) is 47.8 Å². The highest BCUT2D eigenvalue weighted by molar-refractivity contribution is 7.13. The van der Waals surface area contributed by atoms with Crippen molar-refractivity contribution in [2.75, 3.05) is 5.73 Å². The van der Waals surface area contributed by atoms with Gasteiger partial charge >= 0.3 is 0 Å². The van der Waals surface area contributed by atoms with Crippen molar-refractivity contribution in [1.82, 2.24) is 15.0 Å². The molecule has 0 aliphatic rings. The maximum atomic E-state index is 5.75. The molecule has 1 aromatic carbocycles. The van der Waals surface area contributed by atoms with Crippen LogP contribution in [0.2, 0.25) is 0 Å². The highest BCUT2D eigenvalue weighted by Crippen LogP contribution is 2.23. The highest BCUT2D eigenvalue weighted by atomic mass is 32.1. The summed E-state index contributed by atoms with van der Waals surface area (Å²) in [6.45, 7) is 0. The Morgan fingerprint density at radius 2 is 1.61 bits per heavy atom. The SMILES string of the molecule is Nc1nc(-c2ccccc2)nc(-c2cccs2)n1. The minimum atomic E-state index is 0.243. The van der Waals surface area contributed by atoms with Crippen LogP contribution in [-0.2, 0) is 0 Å².